The summed E-state index contributed by atoms with van der Waals surface area (Å²) in [6.45, 7) is 6.69. The average Bonchev–Trinajstić information content (AvgIpc) is 2.59. The Morgan fingerprint density at radius 1 is 1.30 bits per heavy atom. The van der Waals surface area contributed by atoms with Crippen LogP contribution in [-0.2, 0) is 4.79 Å². The fourth-order valence-corrected chi connectivity index (χ4v) is 3.61. The maximum absolute atomic E-state index is 13.2. The lowest BCUT2D eigenvalue weighted by Crippen LogP contribution is -2.56. The lowest BCUT2D eigenvalue weighted by atomic mass is 9.90. The predicted octanol–water partition coefficient (Wildman–Crippen LogP) is 2.68. The molecule has 0 aromatic heterocycles. The van der Waals surface area contributed by atoms with Crippen molar-refractivity contribution in [3.63, 3.8) is 0 Å². The number of nitrogens with zero attached hydrogens (tertiary/aromatic N) is 1. The lowest BCUT2D eigenvalue weighted by Gasteiger charge is -2.43. The minimum atomic E-state index is -0.781. The molecule has 2 N–H and O–H groups in total. The van der Waals surface area contributed by atoms with Gasteiger partial charge in [0.1, 0.15) is 11.5 Å². The highest BCUT2D eigenvalue weighted by Gasteiger charge is 2.46. The van der Waals surface area contributed by atoms with Crippen molar-refractivity contribution in [3.8, 4) is 11.5 Å². The largest absolute Gasteiger partial charge is 0.508 e. The number of piperidine rings is 1. The maximum atomic E-state index is 13.2. The van der Waals surface area contributed by atoms with E-state index in [2.05, 4.69) is 5.32 Å². The van der Waals surface area contributed by atoms with Gasteiger partial charge < -0.3 is 20.1 Å². The molecule has 5 heteroatoms. The summed E-state index contributed by atoms with van der Waals surface area (Å²) in [6.07, 6.45) is 3.44. The Hall–Kier alpha value is -1.75. The predicted molar refractivity (Wildman–Crippen MR) is 90.0 cm³/mol. The zero-order valence-electron chi connectivity index (χ0n) is 14.0. The van der Waals surface area contributed by atoms with E-state index in [-0.39, 0.29) is 11.7 Å². The van der Waals surface area contributed by atoms with Gasteiger partial charge in [0, 0.05) is 12.6 Å². The first-order valence-corrected chi connectivity index (χ1v) is 8.64. The van der Waals surface area contributed by atoms with Crippen molar-refractivity contribution in [2.45, 2.75) is 45.1 Å². The van der Waals surface area contributed by atoms with Gasteiger partial charge in [0.25, 0.3) is 5.91 Å². The van der Waals surface area contributed by atoms with E-state index >= 15 is 0 Å². The number of aromatic hydroxyl groups is 1. The number of rotatable bonds is 4. The molecule has 5 nitrogen and oxygen atoms in total. The zero-order valence-corrected chi connectivity index (χ0v) is 14.0. The van der Waals surface area contributed by atoms with Crippen molar-refractivity contribution in [3.05, 3.63) is 18.2 Å². The van der Waals surface area contributed by atoms with Crippen LogP contribution in [0, 0.1) is 5.92 Å². The summed E-state index contributed by atoms with van der Waals surface area (Å²) in [6, 6.07) is 5.03. The van der Waals surface area contributed by atoms with E-state index in [1.165, 1.54) is 0 Å². The Labute approximate surface area is 137 Å². The van der Waals surface area contributed by atoms with Crippen LogP contribution in [0.5, 0.6) is 11.5 Å². The number of hydrogen-bond acceptors (Lipinski definition) is 4. The van der Waals surface area contributed by atoms with E-state index in [1.54, 1.807) is 18.2 Å². The first-order chi connectivity index (χ1) is 11.1. The molecular formula is C18H26N2O3. The molecule has 0 spiro atoms. The van der Waals surface area contributed by atoms with E-state index in [0.29, 0.717) is 36.7 Å². The van der Waals surface area contributed by atoms with Crippen LogP contribution in [0.1, 0.15) is 39.5 Å². The quantitative estimate of drug-likeness (QED) is 0.896. The van der Waals surface area contributed by atoms with Crippen LogP contribution in [0.2, 0.25) is 0 Å². The number of carbonyl (C=O) groups is 1. The smallest absolute Gasteiger partial charge is 0.271 e. The Kier molecular flexibility index (Phi) is 4.48. The maximum Gasteiger partial charge on any atom is 0.271 e. The summed E-state index contributed by atoms with van der Waals surface area (Å²) in [7, 11) is 0. The molecule has 0 saturated carbocycles. The van der Waals surface area contributed by atoms with Crippen LogP contribution in [0.3, 0.4) is 0 Å². The summed E-state index contributed by atoms with van der Waals surface area (Å²) in [4.78, 5) is 15.0. The van der Waals surface area contributed by atoms with E-state index in [0.717, 1.165) is 25.9 Å². The Bertz CT molecular complexity index is 578. The topological polar surface area (TPSA) is 61.8 Å². The van der Waals surface area contributed by atoms with Crippen LogP contribution in [0.4, 0.5) is 5.69 Å². The Morgan fingerprint density at radius 3 is 2.65 bits per heavy atom. The Morgan fingerprint density at radius 2 is 2.00 bits per heavy atom. The van der Waals surface area contributed by atoms with Crippen molar-refractivity contribution < 1.29 is 14.6 Å². The molecule has 0 bridgehead atoms. The number of fused-ring (bicyclic) bond motifs is 1. The van der Waals surface area contributed by atoms with E-state index in [4.69, 9.17) is 4.74 Å². The third-order valence-corrected chi connectivity index (χ3v) is 5.22. The molecule has 3 rings (SSSR count). The fourth-order valence-electron chi connectivity index (χ4n) is 3.61. The molecule has 2 heterocycles. The molecule has 2 aliphatic rings. The molecule has 1 saturated heterocycles. The lowest BCUT2D eigenvalue weighted by molar-refractivity contribution is -0.136. The number of nitrogens with one attached hydrogen (secondary N) is 1. The standard InChI is InChI=1S/C18H26N2O3/c1-3-18(4-2)17(22)20(12-13-7-9-19-10-8-13)15-11-14(21)5-6-16(15)23-18/h5-6,11,13,19,21H,3-4,7-10,12H2,1-2H3. The number of ether oxygens (including phenoxy) is 1. The highest BCUT2D eigenvalue weighted by Crippen LogP contribution is 2.42. The van der Waals surface area contributed by atoms with Crippen LogP contribution in [0.25, 0.3) is 0 Å². The van der Waals surface area contributed by atoms with Crippen LogP contribution in [0.15, 0.2) is 18.2 Å². The molecule has 1 fully saturated rings. The van der Waals surface area contributed by atoms with Gasteiger partial charge in [-0.3, -0.25) is 4.79 Å². The molecular weight excluding hydrogens is 292 g/mol. The molecule has 23 heavy (non-hydrogen) atoms. The number of phenols is 1. The second-order valence-electron chi connectivity index (χ2n) is 6.56. The highest BCUT2D eigenvalue weighted by molar-refractivity contribution is 6.03. The average molecular weight is 318 g/mol. The second-order valence-corrected chi connectivity index (χ2v) is 6.56. The molecule has 0 unspecified atom stereocenters. The molecule has 0 atom stereocenters. The normalized spacial score (nSPS) is 21.0. The number of benzene rings is 1. The van der Waals surface area contributed by atoms with Gasteiger partial charge in [-0.25, -0.2) is 0 Å². The number of phenolic OH excluding ortho intramolecular Hbond substituents is 1. The van der Waals surface area contributed by atoms with Gasteiger partial charge in [-0.05, 0) is 56.8 Å². The van der Waals surface area contributed by atoms with Gasteiger partial charge in [-0.1, -0.05) is 13.8 Å². The second kappa shape index (κ2) is 6.40. The monoisotopic (exact) mass is 318 g/mol. The third kappa shape index (κ3) is 2.90. The first kappa shape index (κ1) is 16.1. The number of anilines is 1. The van der Waals surface area contributed by atoms with Gasteiger partial charge in [0.05, 0.1) is 5.69 Å². The van der Waals surface area contributed by atoms with Crippen LogP contribution in [-0.4, -0.2) is 36.2 Å². The van der Waals surface area contributed by atoms with Gasteiger partial charge >= 0.3 is 0 Å². The molecule has 0 aliphatic carbocycles. The third-order valence-electron chi connectivity index (χ3n) is 5.22. The molecule has 1 amide bonds. The fraction of sp³-hybridized carbons (Fsp3) is 0.611. The number of hydrogen-bond donors (Lipinski definition) is 2. The summed E-state index contributed by atoms with van der Waals surface area (Å²) in [5.41, 5.74) is -0.0808. The van der Waals surface area contributed by atoms with E-state index in [9.17, 15) is 9.90 Å². The molecule has 126 valence electrons. The Balaban J connectivity index is 1.96. The summed E-state index contributed by atoms with van der Waals surface area (Å²) in [5.74, 6) is 1.37. The highest BCUT2D eigenvalue weighted by atomic mass is 16.5. The van der Waals surface area contributed by atoms with Crippen molar-refractivity contribution in [2.24, 2.45) is 5.92 Å². The summed E-state index contributed by atoms with van der Waals surface area (Å²) < 4.78 is 6.09. The SMILES string of the molecule is CCC1(CC)Oc2ccc(O)cc2N(CC2CCNCC2)C1=O. The number of amides is 1. The molecule has 2 aliphatic heterocycles. The zero-order chi connectivity index (χ0) is 16.4. The van der Waals surface area contributed by atoms with E-state index in [1.807, 2.05) is 18.7 Å². The van der Waals surface area contributed by atoms with Gasteiger partial charge in [-0.15, -0.1) is 0 Å². The molecule has 1 aromatic carbocycles. The van der Waals surface area contributed by atoms with Crippen molar-refractivity contribution in [1.29, 1.82) is 0 Å². The minimum absolute atomic E-state index is 0.0270. The number of carbonyl (C=O) groups excluding carboxylic acids is 1. The minimum Gasteiger partial charge on any atom is -0.508 e. The first-order valence-electron chi connectivity index (χ1n) is 8.64. The van der Waals surface area contributed by atoms with Crippen molar-refractivity contribution in [2.75, 3.05) is 24.5 Å². The van der Waals surface area contributed by atoms with Gasteiger partial charge in [-0.2, -0.15) is 0 Å². The molecule has 0 radical (unpaired) electrons. The summed E-state index contributed by atoms with van der Waals surface area (Å²) in [5, 5.41) is 13.2. The van der Waals surface area contributed by atoms with Crippen molar-refractivity contribution >= 4 is 11.6 Å². The van der Waals surface area contributed by atoms with Crippen molar-refractivity contribution in [1.82, 2.24) is 5.32 Å². The van der Waals surface area contributed by atoms with Crippen LogP contribution < -0.4 is 15.0 Å². The molecule has 1 aromatic rings. The summed E-state index contributed by atoms with van der Waals surface area (Å²) >= 11 is 0. The van der Waals surface area contributed by atoms with Crippen LogP contribution >= 0.6 is 0 Å². The van der Waals surface area contributed by atoms with E-state index < -0.39 is 5.60 Å². The van der Waals surface area contributed by atoms with Gasteiger partial charge in [0.2, 0.25) is 0 Å². The van der Waals surface area contributed by atoms with Gasteiger partial charge in [0.15, 0.2) is 5.60 Å².